The van der Waals surface area contributed by atoms with Crippen molar-refractivity contribution in [3.8, 4) is 23.3 Å². The standard InChI is InChI=1S/C17H23ClO2/c1-4-7-8-9-14-12-15(18)17(20-11-6-3)13-16(14)19-10-5-2/h12-13H,5-6,8-11H2,1-3H3. The molecule has 0 unspecified atom stereocenters. The fraction of sp³-hybridized carbons (Fsp3) is 0.529. The lowest BCUT2D eigenvalue weighted by Crippen LogP contribution is -2.02. The molecule has 1 aromatic rings. The van der Waals surface area contributed by atoms with Gasteiger partial charge in [-0.15, -0.1) is 11.8 Å². The van der Waals surface area contributed by atoms with Crippen LogP contribution in [0, 0.1) is 11.8 Å². The van der Waals surface area contributed by atoms with E-state index in [0.29, 0.717) is 24.0 Å². The van der Waals surface area contributed by atoms with Crippen molar-refractivity contribution in [3.05, 3.63) is 22.7 Å². The van der Waals surface area contributed by atoms with Crippen molar-refractivity contribution in [2.75, 3.05) is 13.2 Å². The third-order valence-corrected chi connectivity index (χ3v) is 3.03. The molecular weight excluding hydrogens is 272 g/mol. The molecule has 0 heterocycles. The predicted octanol–water partition coefficient (Wildman–Crippen LogP) is 4.87. The zero-order chi connectivity index (χ0) is 14.8. The molecule has 0 aliphatic rings. The molecule has 0 N–H and O–H groups in total. The lowest BCUT2D eigenvalue weighted by atomic mass is 10.1. The average molecular weight is 295 g/mol. The first kappa shape index (κ1) is 16.7. The van der Waals surface area contributed by atoms with Crippen LogP contribution in [0.15, 0.2) is 12.1 Å². The van der Waals surface area contributed by atoms with E-state index < -0.39 is 0 Å². The first-order valence-corrected chi connectivity index (χ1v) is 7.58. The molecule has 0 bridgehead atoms. The minimum Gasteiger partial charge on any atom is -0.493 e. The number of halogens is 1. The lowest BCUT2D eigenvalue weighted by molar-refractivity contribution is 0.299. The van der Waals surface area contributed by atoms with Crippen molar-refractivity contribution in [1.82, 2.24) is 0 Å². The summed E-state index contributed by atoms with van der Waals surface area (Å²) >= 11 is 6.27. The van der Waals surface area contributed by atoms with Gasteiger partial charge in [-0.2, -0.15) is 0 Å². The van der Waals surface area contributed by atoms with E-state index in [-0.39, 0.29) is 0 Å². The van der Waals surface area contributed by atoms with Crippen LogP contribution in [0.25, 0.3) is 0 Å². The summed E-state index contributed by atoms with van der Waals surface area (Å²) < 4.78 is 11.5. The molecule has 0 spiro atoms. The van der Waals surface area contributed by atoms with Crippen molar-refractivity contribution in [2.24, 2.45) is 0 Å². The number of hydrogen-bond acceptors (Lipinski definition) is 2. The smallest absolute Gasteiger partial charge is 0.141 e. The molecular formula is C17H23ClO2. The first-order valence-electron chi connectivity index (χ1n) is 7.20. The van der Waals surface area contributed by atoms with E-state index >= 15 is 0 Å². The fourth-order valence-corrected chi connectivity index (χ4v) is 2.00. The van der Waals surface area contributed by atoms with Crippen molar-refractivity contribution < 1.29 is 9.47 Å². The Morgan fingerprint density at radius 2 is 1.70 bits per heavy atom. The molecule has 0 radical (unpaired) electrons. The summed E-state index contributed by atoms with van der Waals surface area (Å²) in [7, 11) is 0. The predicted molar refractivity (Wildman–Crippen MR) is 84.8 cm³/mol. The third-order valence-electron chi connectivity index (χ3n) is 2.73. The molecule has 0 aliphatic carbocycles. The Balaban J connectivity index is 2.93. The highest BCUT2D eigenvalue weighted by Gasteiger charge is 2.10. The van der Waals surface area contributed by atoms with Gasteiger partial charge in [-0.1, -0.05) is 25.4 Å². The lowest BCUT2D eigenvalue weighted by Gasteiger charge is -2.14. The summed E-state index contributed by atoms with van der Waals surface area (Å²) in [6.07, 6.45) is 3.58. The van der Waals surface area contributed by atoms with Crippen LogP contribution >= 0.6 is 11.6 Å². The van der Waals surface area contributed by atoms with Crippen LogP contribution in [0.3, 0.4) is 0 Å². The van der Waals surface area contributed by atoms with Gasteiger partial charge in [0.1, 0.15) is 11.5 Å². The van der Waals surface area contributed by atoms with Crippen molar-refractivity contribution >= 4 is 11.6 Å². The van der Waals surface area contributed by atoms with Gasteiger partial charge in [-0.25, -0.2) is 0 Å². The number of aryl methyl sites for hydroxylation is 1. The molecule has 3 heteroatoms. The Hall–Kier alpha value is -1.33. The second kappa shape index (κ2) is 9.55. The van der Waals surface area contributed by atoms with Crippen LogP contribution in [0.1, 0.15) is 45.6 Å². The highest BCUT2D eigenvalue weighted by atomic mass is 35.5. The van der Waals surface area contributed by atoms with Crippen LogP contribution < -0.4 is 9.47 Å². The van der Waals surface area contributed by atoms with E-state index in [1.165, 1.54) is 0 Å². The van der Waals surface area contributed by atoms with E-state index in [0.717, 1.165) is 37.0 Å². The summed E-state index contributed by atoms with van der Waals surface area (Å²) in [6, 6.07) is 3.84. The van der Waals surface area contributed by atoms with Gasteiger partial charge in [0.25, 0.3) is 0 Å². The molecule has 1 aromatic carbocycles. The van der Waals surface area contributed by atoms with Crippen LogP contribution in [-0.2, 0) is 6.42 Å². The van der Waals surface area contributed by atoms with Crippen molar-refractivity contribution in [2.45, 2.75) is 46.5 Å². The minimum atomic E-state index is 0.641. The molecule has 0 saturated carbocycles. The molecule has 0 aliphatic heterocycles. The normalized spacial score (nSPS) is 9.80. The molecule has 1 rings (SSSR count). The van der Waals surface area contributed by atoms with Crippen LogP contribution in [0.2, 0.25) is 5.02 Å². The van der Waals surface area contributed by atoms with E-state index in [2.05, 4.69) is 25.7 Å². The van der Waals surface area contributed by atoms with E-state index in [1.54, 1.807) is 0 Å². The third kappa shape index (κ3) is 5.35. The summed E-state index contributed by atoms with van der Waals surface area (Å²) in [5.74, 6) is 7.53. The second-order valence-electron chi connectivity index (χ2n) is 4.51. The van der Waals surface area contributed by atoms with Gasteiger partial charge in [0, 0.05) is 12.5 Å². The molecule has 0 atom stereocenters. The summed E-state index contributed by atoms with van der Waals surface area (Å²) in [5, 5.41) is 0.641. The summed E-state index contributed by atoms with van der Waals surface area (Å²) in [6.45, 7) is 7.37. The monoisotopic (exact) mass is 294 g/mol. The Labute approximate surface area is 127 Å². The summed E-state index contributed by atoms with van der Waals surface area (Å²) in [5.41, 5.74) is 1.09. The zero-order valence-corrected chi connectivity index (χ0v) is 13.3. The van der Waals surface area contributed by atoms with E-state index in [4.69, 9.17) is 21.1 Å². The number of hydrogen-bond donors (Lipinski definition) is 0. The van der Waals surface area contributed by atoms with Crippen molar-refractivity contribution in [1.29, 1.82) is 0 Å². The average Bonchev–Trinajstić information content (AvgIpc) is 2.45. The van der Waals surface area contributed by atoms with Gasteiger partial charge in [-0.05, 0) is 37.8 Å². The van der Waals surface area contributed by atoms with Gasteiger partial charge in [0.05, 0.1) is 18.2 Å². The Bertz CT molecular complexity index is 472. The maximum atomic E-state index is 6.27. The second-order valence-corrected chi connectivity index (χ2v) is 4.92. The largest absolute Gasteiger partial charge is 0.493 e. The Morgan fingerprint density at radius 3 is 2.30 bits per heavy atom. The maximum Gasteiger partial charge on any atom is 0.141 e. The minimum absolute atomic E-state index is 0.641. The van der Waals surface area contributed by atoms with Gasteiger partial charge in [0.2, 0.25) is 0 Å². The van der Waals surface area contributed by atoms with Crippen LogP contribution in [0.4, 0.5) is 0 Å². The van der Waals surface area contributed by atoms with E-state index in [9.17, 15) is 0 Å². The molecule has 2 nitrogen and oxygen atoms in total. The molecule has 0 saturated heterocycles. The van der Waals surface area contributed by atoms with Gasteiger partial charge < -0.3 is 9.47 Å². The molecule has 0 aromatic heterocycles. The topological polar surface area (TPSA) is 18.5 Å². The number of ether oxygens (including phenoxy) is 2. The molecule has 110 valence electrons. The molecule has 20 heavy (non-hydrogen) atoms. The first-order chi connectivity index (χ1) is 9.72. The zero-order valence-electron chi connectivity index (χ0n) is 12.6. The SMILES string of the molecule is CC#CCCc1cc(Cl)c(OCCC)cc1OCCC. The maximum absolute atomic E-state index is 6.27. The van der Waals surface area contributed by atoms with E-state index in [1.807, 2.05) is 19.1 Å². The number of benzene rings is 1. The van der Waals surface area contributed by atoms with Gasteiger partial charge >= 0.3 is 0 Å². The summed E-state index contributed by atoms with van der Waals surface area (Å²) in [4.78, 5) is 0. The fourth-order valence-electron chi connectivity index (χ4n) is 1.76. The molecule has 0 amide bonds. The highest BCUT2D eigenvalue weighted by molar-refractivity contribution is 6.32. The molecule has 0 fully saturated rings. The van der Waals surface area contributed by atoms with Gasteiger partial charge in [-0.3, -0.25) is 0 Å². The Kier molecular flexibility index (Phi) is 7.99. The Morgan fingerprint density at radius 1 is 1.05 bits per heavy atom. The highest BCUT2D eigenvalue weighted by Crippen LogP contribution is 2.33. The quantitative estimate of drug-likeness (QED) is 0.637. The van der Waals surface area contributed by atoms with Crippen LogP contribution in [0.5, 0.6) is 11.5 Å². The van der Waals surface area contributed by atoms with Crippen LogP contribution in [-0.4, -0.2) is 13.2 Å². The van der Waals surface area contributed by atoms with Crippen molar-refractivity contribution in [3.63, 3.8) is 0 Å². The number of rotatable bonds is 8. The van der Waals surface area contributed by atoms with Gasteiger partial charge in [0.15, 0.2) is 0 Å².